The number of hydrogen-bond acceptors (Lipinski definition) is 2. The predicted octanol–water partition coefficient (Wildman–Crippen LogP) is 4.41. The third-order valence-corrected chi connectivity index (χ3v) is 3.41. The van der Waals surface area contributed by atoms with Crippen molar-refractivity contribution in [1.82, 2.24) is 0 Å². The van der Waals surface area contributed by atoms with Gasteiger partial charge in [0.2, 0.25) is 0 Å². The maximum absolute atomic E-state index is 10.9. The number of aryl methyl sites for hydroxylation is 1. The molecule has 1 fully saturated rings. The molecule has 1 heterocycles. The molecule has 1 aliphatic rings. The number of ketones is 1. The minimum Gasteiger partial charge on any atom is -0.381 e. The SMILES string of the molecule is C#C.C1CCOC1.CC(=O)CCc1ccc2ccccc2c1. The molecule has 0 amide bonds. The molecule has 0 unspecified atom stereocenters. The highest BCUT2D eigenvalue weighted by Crippen LogP contribution is 2.16. The van der Waals surface area contributed by atoms with Crippen LogP contribution in [0.1, 0.15) is 31.7 Å². The first-order valence-corrected chi connectivity index (χ1v) is 7.64. The second-order valence-electron chi connectivity index (χ2n) is 5.20. The fraction of sp³-hybridized carbons (Fsp3) is 0.350. The molecule has 0 aromatic heterocycles. The summed E-state index contributed by atoms with van der Waals surface area (Å²) in [5.41, 5.74) is 1.24. The van der Waals surface area contributed by atoms with Gasteiger partial charge in [0.25, 0.3) is 0 Å². The number of carbonyl (C=O) groups is 1. The summed E-state index contributed by atoms with van der Waals surface area (Å²) in [6.45, 7) is 3.64. The first-order chi connectivity index (χ1) is 10.8. The van der Waals surface area contributed by atoms with Crippen molar-refractivity contribution in [2.75, 3.05) is 13.2 Å². The van der Waals surface area contributed by atoms with Gasteiger partial charge in [0.05, 0.1) is 0 Å². The van der Waals surface area contributed by atoms with Gasteiger partial charge in [-0.15, -0.1) is 12.8 Å². The Morgan fingerprint density at radius 1 is 1.05 bits per heavy atom. The van der Waals surface area contributed by atoms with Gasteiger partial charge in [0.1, 0.15) is 5.78 Å². The fourth-order valence-electron chi connectivity index (χ4n) is 2.22. The van der Waals surface area contributed by atoms with Gasteiger partial charge in [-0.1, -0.05) is 42.5 Å². The molecular formula is C20H24O2. The Morgan fingerprint density at radius 3 is 2.23 bits per heavy atom. The van der Waals surface area contributed by atoms with E-state index >= 15 is 0 Å². The zero-order valence-corrected chi connectivity index (χ0v) is 13.3. The van der Waals surface area contributed by atoms with Crippen LogP contribution in [0.2, 0.25) is 0 Å². The number of ether oxygens (including phenoxy) is 1. The van der Waals surface area contributed by atoms with Gasteiger partial charge in [-0.05, 0) is 42.5 Å². The Morgan fingerprint density at radius 2 is 1.68 bits per heavy atom. The highest BCUT2D eigenvalue weighted by Gasteiger charge is 1.98. The van der Waals surface area contributed by atoms with Gasteiger partial charge in [0.15, 0.2) is 0 Å². The molecule has 0 saturated carbocycles. The highest BCUT2D eigenvalue weighted by molar-refractivity contribution is 5.83. The molecule has 2 nitrogen and oxygen atoms in total. The molecule has 116 valence electrons. The summed E-state index contributed by atoms with van der Waals surface area (Å²) < 4.78 is 4.94. The minimum atomic E-state index is 0.253. The molecular weight excluding hydrogens is 272 g/mol. The largest absolute Gasteiger partial charge is 0.381 e. The molecule has 0 aliphatic carbocycles. The van der Waals surface area contributed by atoms with Gasteiger partial charge < -0.3 is 9.53 Å². The Kier molecular flexibility index (Phi) is 8.64. The Bertz CT molecular complexity index is 587. The smallest absolute Gasteiger partial charge is 0.130 e. The van der Waals surface area contributed by atoms with Crippen molar-refractivity contribution in [2.24, 2.45) is 0 Å². The second-order valence-corrected chi connectivity index (χ2v) is 5.20. The first kappa shape index (κ1) is 17.9. The van der Waals surface area contributed by atoms with Crippen LogP contribution in [0.15, 0.2) is 42.5 Å². The minimum absolute atomic E-state index is 0.253. The molecule has 1 saturated heterocycles. The first-order valence-electron chi connectivity index (χ1n) is 7.64. The summed E-state index contributed by atoms with van der Waals surface area (Å²) in [6.07, 6.45) is 12.0. The molecule has 0 bridgehead atoms. The number of hydrogen-bond donors (Lipinski definition) is 0. The quantitative estimate of drug-likeness (QED) is 0.784. The van der Waals surface area contributed by atoms with E-state index in [0.29, 0.717) is 6.42 Å². The molecule has 0 spiro atoms. The normalized spacial score (nSPS) is 12.7. The van der Waals surface area contributed by atoms with Crippen LogP contribution >= 0.6 is 0 Å². The lowest BCUT2D eigenvalue weighted by Crippen LogP contribution is -1.93. The van der Waals surface area contributed by atoms with Gasteiger partial charge in [-0.25, -0.2) is 0 Å². The van der Waals surface area contributed by atoms with Crippen molar-refractivity contribution in [3.05, 3.63) is 48.0 Å². The van der Waals surface area contributed by atoms with Gasteiger partial charge >= 0.3 is 0 Å². The Hall–Kier alpha value is -2.11. The molecule has 2 heteroatoms. The van der Waals surface area contributed by atoms with Crippen LogP contribution in [-0.2, 0) is 16.0 Å². The van der Waals surface area contributed by atoms with E-state index in [4.69, 9.17) is 4.74 Å². The van der Waals surface area contributed by atoms with Crippen LogP contribution in [0.5, 0.6) is 0 Å². The number of benzene rings is 2. The van der Waals surface area contributed by atoms with E-state index in [-0.39, 0.29) is 5.78 Å². The molecule has 0 atom stereocenters. The van der Waals surface area contributed by atoms with Crippen LogP contribution in [0.25, 0.3) is 10.8 Å². The summed E-state index contributed by atoms with van der Waals surface area (Å²) in [6, 6.07) is 14.7. The van der Waals surface area contributed by atoms with Crippen molar-refractivity contribution in [3.63, 3.8) is 0 Å². The average molecular weight is 296 g/mol. The summed E-state index contributed by atoms with van der Waals surface area (Å²) in [4.78, 5) is 10.9. The maximum Gasteiger partial charge on any atom is 0.130 e. The number of rotatable bonds is 3. The van der Waals surface area contributed by atoms with Crippen LogP contribution in [0, 0.1) is 12.8 Å². The van der Waals surface area contributed by atoms with Crippen molar-refractivity contribution in [2.45, 2.75) is 32.6 Å². The lowest BCUT2D eigenvalue weighted by atomic mass is 10.0. The number of carbonyl (C=O) groups excluding carboxylic acids is 1. The van der Waals surface area contributed by atoms with Crippen molar-refractivity contribution in [1.29, 1.82) is 0 Å². The van der Waals surface area contributed by atoms with Crippen LogP contribution in [0.4, 0.5) is 0 Å². The summed E-state index contributed by atoms with van der Waals surface area (Å²) >= 11 is 0. The van der Waals surface area contributed by atoms with E-state index in [9.17, 15) is 4.79 Å². The number of terminal acetylenes is 1. The van der Waals surface area contributed by atoms with E-state index in [0.717, 1.165) is 19.6 Å². The van der Waals surface area contributed by atoms with Crippen LogP contribution in [-0.4, -0.2) is 19.0 Å². The molecule has 2 aromatic carbocycles. The van der Waals surface area contributed by atoms with Gasteiger partial charge in [0, 0.05) is 19.6 Å². The van der Waals surface area contributed by atoms with Crippen molar-refractivity contribution < 1.29 is 9.53 Å². The standard InChI is InChI=1S/C14H14O.C4H8O.C2H2/c1-11(15)6-7-12-8-9-13-4-2-3-5-14(13)10-12;1-2-4-5-3-1;1-2/h2-5,8-10H,6-7H2,1H3;1-4H2;1-2H. The third-order valence-electron chi connectivity index (χ3n) is 3.41. The lowest BCUT2D eigenvalue weighted by Gasteiger charge is -2.02. The number of Topliss-reactive ketones (excluding diaryl/α,β-unsaturated/α-hetero) is 1. The third kappa shape index (κ3) is 6.56. The fourth-order valence-corrected chi connectivity index (χ4v) is 2.22. The van der Waals surface area contributed by atoms with E-state index in [1.165, 1.54) is 29.2 Å². The summed E-state index contributed by atoms with van der Waals surface area (Å²) in [5, 5.41) is 2.50. The topological polar surface area (TPSA) is 26.3 Å². The summed E-state index contributed by atoms with van der Waals surface area (Å²) in [5.74, 6) is 0.253. The second kappa shape index (κ2) is 10.6. The summed E-state index contributed by atoms with van der Waals surface area (Å²) in [7, 11) is 0. The van der Waals surface area contributed by atoms with E-state index in [2.05, 4.69) is 43.2 Å². The zero-order chi connectivity index (χ0) is 16.2. The highest BCUT2D eigenvalue weighted by atomic mass is 16.5. The van der Waals surface area contributed by atoms with E-state index < -0.39 is 0 Å². The van der Waals surface area contributed by atoms with E-state index in [1.54, 1.807) is 6.92 Å². The Labute approximate surface area is 133 Å². The molecule has 2 aromatic rings. The lowest BCUT2D eigenvalue weighted by molar-refractivity contribution is -0.116. The van der Waals surface area contributed by atoms with Crippen molar-refractivity contribution in [3.8, 4) is 12.8 Å². The maximum atomic E-state index is 10.9. The molecule has 1 aliphatic heterocycles. The molecule has 3 rings (SSSR count). The van der Waals surface area contributed by atoms with Crippen molar-refractivity contribution >= 4 is 16.6 Å². The van der Waals surface area contributed by atoms with Crippen LogP contribution in [0.3, 0.4) is 0 Å². The zero-order valence-electron chi connectivity index (χ0n) is 13.3. The molecule has 22 heavy (non-hydrogen) atoms. The van der Waals surface area contributed by atoms with Gasteiger partial charge in [-0.3, -0.25) is 0 Å². The average Bonchev–Trinajstić information content (AvgIpc) is 3.14. The molecule has 0 N–H and O–H groups in total. The van der Waals surface area contributed by atoms with E-state index in [1.807, 2.05) is 12.1 Å². The number of fused-ring (bicyclic) bond motifs is 1. The molecule has 0 radical (unpaired) electrons. The predicted molar refractivity (Wildman–Crippen MR) is 92.9 cm³/mol. The van der Waals surface area contributed by atoms with Crippen LogP contribution < -0.4 is 0 Å². The monoisotopic (exact) mass is 296 g/mol. The Balaban J connectivity index is 0.000000289. The van der Waals surface area contributed by atoms with Gasteiger partial charge in [-0.2, -0.15) is 0 Å².